The smallest absolute Gasteiger partial charge is 0.243 e. The Kier molecular flexibility index (Phi) is 15.7. The number of nitrogens with one attached hydrogen (secondary N) is 1. The highest BCUT2D eigenvalue weighted by molar-refractivity contribution is 7.13. The Morgan fingerprint density at radius 2 is 1.61 bits per heavy atom. The molecule has 9 heterocycles. The van der Waals surface area contributed by atoms with Crippen molar-refractivity contribution in [2.45, 2.75) is 146 Å². The van der Waals surface area contributed by atoms with Gasteiger partial charge < -0.3 is 54.7 Å². The maximum absolute atomic E-state index is 14.4. The lowest BCUT2D eigenvalue weighted by Gasteiger charge is -2.43. The second kappa shape index (κ2) is 23.2. The predicted molar refractivity (Wildman–Crippen MR) is 307 cm³/mol. The van der Waals surface area contributed by atoms with Gasteiger partial charge in [0.25, 0.3) is 0 Å². The van der Waals surface area contributed by atoms with Crippen LogP contribution in [-0.4, -0.2) is 155 Å². The first kappa shape index (κ1) is 54.2. The Morgan fingerprint density at radius 3 is 2.33 bits per heavy atom. The molecule has 1 aliphatic carbocycles. The number of imidazole rings is 1. The highest BCUT2D eigenvalue weighted by Crippen LogP contribution is 2.41. The summed E-state index contributed by atoms with van der Waals surface area (Å²) in [5.41, 5.74) is 13.4. The Balaban J connectivity index is 0.570. The number of aryl methyl sites for hydroxylation is 1. The van der Waals surface area contributed by atoms with Crippen molar-refractivity contribution in [3.63, 3.8) is 0 Å². The van der Waals surface area contributed by atoms with Crippen LogP contribution in [0, 0.1) is 18.8 Å². The van der Waals surface area contributed by atoms with Crippen molar-refractivity contribution in [3.05, 3.63) is 101 Å². The summed E-state index contributed by atoms with van der Waals surface area (Å²) < 4.78 is 15.1. The normalized spacial score (nSPS) is 24.9. The molecule has 5 aliphatic heterocycles. The zero-order chi connectivity index (χ0) is 55.2. The molecule has 0 radical (unpaired) electrons. The van der Waals surface area contributed by atoms with Gasteiger partial charge in [-0.3, -0.25) is 14.5 Å². The van der Waals surface area contributed by atoms with E-state index < -0.39 is 18.1 Å². The molecule has 12 rings (SSSR count). The summed E-state index contributed by atoms with van der Waals surface area (Å²) in [6, 6.07) is 19.3. The van der Waals surface area contributed by atoms with E-state index in [9.17, 15) is 19.8 Å². The van der Waals surface area contributed by atoms with Gasteiger partial charge >= 0.3 is 0 Å². The van der Waals surface area contributed by atoms with Crippen LogP contribution in [0.1, 0.15) is 119 Å². The number of nitrogens with two attached hydrogens (primary N) is 1. The number of phenols is 1. The monoisotopic (exact) mass is 1110 g/mol. The van der Waals surface area contributed by atoms with E-state index in [-0.39, 0.29) is 48.6 Å². The molecule has 19 nitrogen and oxygen atoms in total. The molecule has 5 N–H and O–H groups in total. The predicted octanol–water partition coefficient (Wildman–Crippen LogP) is 7.58. The van der Waals surface area contributed by atoms with E-state index in [1.807, 2.05) is 87.9 Å². The number of phenolic OH excluding ortho intramolecular Hbond substituents is 1. The number of β-amino-alcohol motifs (C(OH)–C–C–N with tert-alkyl or cyclic N) is 1. The number of carbonyl (C=O) groups excluding carboxylic acids is 2. The number of para-hydroxylation sites is 1. The standard InChI is InChI=1S/C60H77N13O6S/c1-36(2)56(60(77)73-33-45(74)27-51(73)59(76)64-37(3)40-9-11-41(12-10-40)57-38(4)63-35-80-57)53-29-54(67-79-53)69-22-15-39(16-23-69)30-68-20-17-46(18-21-68)78-47-25-44(26-47)71-24-19-62-55(71)34-72-42-13-14-43(72)32-70(31-42)50-28-49(65-66-58(50)61)48-7-5-6-8-52(48)75/h5-12,19,24,28-29,35-37,39,42-47,51,56,74-75H,13-18,20-23,25-27,30-34H2,1-4H3,(H2,61,66)(H,64,76)/t37-,42?,43?,44?,45+,47?,51-,56+/m0/s1. The molecule has 80 heavy (non-hydrogen) atoms. The zero-order valence-corrected chi connectivity index (χ0v) is 47.3. The molecule has 2 amide bonds. The Labute approximate surface area is 472 Å². The number of carbonyl (C=O) groups is 2. The van der Waals surface area contributed by atoms with Crippen molar-refractivity contribution in [1.29, 1.82) is 0 Å². The number of fused-ring (bicyclic) bond motifs is 2. The second-order valence-electron chi connectivity index (χ2n) is 23.9. The third-order valence-electron chi connectivity index (χ3n) is 18.3. The quantitative estimate of drug-likeness (QED) is 0.0691. The Hall–Kier alpha value is -6.45. The fourth-order valence-electron chi connectivity index (χ4n) is 13.6. The van der Waals surface area contributed by atoms with Gasteiger partial charge in [-0.05, 0) is 106 Å². The largest absolute Gasteiger partial charge is 0.507 e. The minimum atomic E-state index is -0.800. The number of aromatic hydroxyl groups is 1. The number of anilines is 3. The molecule has 6 fully saturated rings. The molecule has 6 atom stereocenters. The SMILES string of the molecule is Cc1ncsc1-c1ccc([C@H](C)NC(=O)[C@@H]2C[C@@H](O)CN2C(=O)[C@@H](c2cc(N3CCC(CN4CCC(OC5CC(n6ccnc6CN6C7CCC6CN(c6cc(-c8ccccc8O)nnc6N)C7)C5)CC4)CC3)no2)C(C)C)cc1. The number of rotatable bonds is 17. The number of piperidine rings is 2. The fraction of sp³-hybridized carbons (Fsp3) is 0.550. The van der Waals surface area contributed by atoms with Crippen molar-refractivity contribution in [1.82, 2.24) is 49.9 Å². The van der Waals surface area contributed by atoms with Crippen LogP contribution in [0.15, 0.2) is 83.1 Å². The zero-order valence-electron chi connectivity index (χ0n) is 46.5. The van der Waals surface area contributed by atoms with Gasteiger partial charge in [0, 0.05) is 101 Å². The molecule has 0 spiro atoms. The van der Waals surface area contributed by atoms with Gasteiger partial charge in [-0.2, -0.15) is 0 Å². The lowest BCUT2D eigenvalue weighted by molar-refractivity contribution is -0.141. The maximum atomic E-state index is 14.4. The van der Waals surface area contributed by atoms with Crippen molar-refractivity contribution < 1.29 is 29.1 Å². The first-order valence-corrected chi connectivity index (χ1v) is 30.0. The highest BCUT2D eigenvalue weighted by atomic mass is 32.1. The second-order valence-corrected chi connectivity index (χ2v) is 24.7. The average molecular weight is 1110 g/mol. The van der Waals surface area contributed by atoms with Gasteiger partial charge in [-0.15, -0.1) is 21.5 Å². The summed E-state index contributed by atoms with van der Waals surface area (Å²) in [5.74, 6) is 2.26. The van der Waals surface area contributed by atoms with E-state index in [1.165, 1.54) is 0 Å². The minimum Gasteiger partial charge on any atom is -0.507 e. The molecule has 6 aromatic rings. The van der Waals surface area contributed by atoms with Gasteiger partial charge in [0.2, 0.25) is 11.8 Å². The number of aliphatic hydroxyl groups is 1. The summed E-state index contributed by atoms with van der Waals surface area (Å²) in [7, 11) is 0. The van der Waals surface area contributed by atoms with Crippen molar-refractivity contribution in [3.8, 4) is 27.4 Å². The molecular weight excluding hydrogens is 1030 g/mol. The van der Waals surface area contributed by atoms with E-state index in [0.29, 0.717) is 53.0 Å². The van der Waals surface area contributed by atoms with Crippen molar-refractivity contribution in [2.75, 3.05) is 67.9 Å². The number of aliphatic hydroxyl groups excluding tert-OH is 1. The van der Waals surface area contributed by atoms with E-state index in [4.69, 9.17) is 20.0 Å². The number of ether oxygens (including phenoxy) is 1. The number of nitrogen functional groups attached to an aromatic ring is 1. The van der Waals surface area contributed by atoms with Crippen LogP contribution in [0.2, 0.25) is 0 Å². The molecule has 2 bridgehead atoms. The lowest BCUT2D eigenvalue weighted by atomic mass is 9.88. The van der Waals surface area contributed by atoms with Crippen molar-refractivity contribution in [2.24, 2.45) is 11.8 Å². The van der Waals surface area contributed by atoms with E-state index in [2.05, 4.69) is 56.0 Å². The summed E-state index contributed by atoms with van der Waals surface area (Å²) in [6.07, 6.45) is 12.6. The third kappa shape index (κ3) is 11.3. The number of hydrogen-bond donors (Lipinski definition) is 4. The summed E-state index contributed by atoms with van der Waals surface area (Å²) >= 11 is 1.60. The van der Waals surface area contributed by atoms with Crippen molar-refractivity contribution >= 4 is 40.5 Å². The van der Waals surface area contributed by atoms with E-state index >= 15 is 0 Å². The van der Waals surface area contributed by atoms with Gasteiger partial charge in [0.05, 0.1) is 58.4 Å². The summed E-state index contributed by atoms with van der Waals surface area (Å²) in [4.78, 5) is 50.1. The third-order valence-corrected chi connectivity index (χ3v) is 19.2. The number of likely N-dealkylation sites (tertiary alicyclic amines) is 2. The molecule has 4 aromatic heterocycles. The van der Waals surface area contributed by atoms with Gasteiger partial charge in [-0.25, -0.2) is 9.97 Å². The number of aromatic nitrogens is 6. The topological polar surface area (TPSA) is 221 Å². The minimum absolute atomic E-state index is 0.0879. The Morgan fingerprint density at radius 1 is 0.863 bits per heavy atom. The number of benzene rings is 2. The summed E-state index contributed by atoms with van der Waals surface area (Å²) in [5, 5.41) is 37.5. The van der Waals surface area contributed by atoms with Gasteiger partial charge in [0.15, 0.2) is 17.4 Å². The molecule has 20 heteroatoms. The highest BCUT2D eigenvalue weighted by Gasteiger charge is 2.45. The maximum Gasteiger partial charge on any atom is 0.243 e. The van der Waals surface area contributed by atoms with Crippen LogP contribution in [0.25, 0.3) is 21.7 Å². The van der Waals surface area contributed by atoms with Crippen LogP contribution in [0.4, 0.5) is 17.3 Å². The number of thiazole rings is 1. The number of nitrogens with zero attached hydrogens (tertiary/aromatic N) is 11. The first-order valence-electron chi connectivity index (χ1n) is 29.1. The Bertz CT molecular complexity index is 3090. The number of hydrogen-bond acceptors (Lipinski definition) is 17. The van der Waals surface area contributed by atoms with Gasteiger partial charge in [0.1, 0.15) is 23.5 Å². The molecule has 2 aromatic carbocycles. The molecule has 5 saturated heterocycles. The molecule has 2 unspecified atom stereocenters. The number of amides is 2. The van der Waals surface area contributed by atoms with Crippen LogP contribution in [-0.2, 0) is 20.9 Å². The van der Waals surface area contributed by atoms with E-state index in [0.717, 1.165) is 143 Å². The fourth-order valence-corrected chi connectivity index (χ4v) is 14.5. The van der Waals surface area contributed by atoms with Crippen LogP contribution >= 0.6 is 11.3 Å². The summed E-state index contributed by atoms with van der Waals surface area (Å²) in [6.45, 7) is 15.5. The average Bonchev–Trinajstić information content (AvgIpc) is 4.32. The van der Waals surface area contributed by atoms with Crippen LogP contribution < -0.4 is 20.9 Å². The van der Waals surface area contributed by atoms with E-state index in [1.54, 1.807) is 28.4 Å². The lowest BCUT2D eigenvalue weighted by Crippen LogP contribution is -2.53. The van der Waals surface area contributed by atoms with Crippen LogP contribution in [0.3, 0.4) is 0 Å². The molecule has 1 saturated carbocycles. The number of piperazine rings is 1. The van der Waals surface area contributed by atoms with Crippen LogP contribution in [0.5, 0.6) is 5.75 Å². The molecule has 6 aliphatic rings. The first-order chi connectivity index (χ1) is 38.8. The molecular formula is C60H77N13O6S. The molecule has 424 valence electrons. The van der Waals surface area contributed by atoms with Gasteiger partial charge in [-0.1, -0.05) is 55.4 Å².